The van der Waals surface area contributed by atoms with Crippen molar-refractivity contribution in [2.24, 2.45) is 0 Å². The molecule has 0 fully saturated rings. The van der Waals surface area contributed by atoms with Crippen LogP contribution < -0.4 is 0 Å². The number of hydrogen-bond donors (Lipinski definition) is 0. The topological polar surface area (TPSA) is 0 Å². The van der Waals surface area contributed by atoms with Gasteiger partial charge in [-0.25, -0.2) is 0 Å². The minimum absolute atomic E-state index is 1.09. The summed E-state index contributed by atoms with van der Waals surface area (Å²) in [7, 11) is 0. The lowest BCUT2D eigenvalue weighted by Gasteiger charge is -2.09. The van der Waals surface area contributed by atoms with Gasteiger partial charge in [0, 0.05) is 0 Å². The molecule has 3 rings (SSSR count). The average molecular weight is 248 g/mol. The Kier molecular flexibility index (Phi) is 3.25. The first kappa shape index (κ1) is 12.2. The van der Waals surface area contributed by atoms with Crippen molar-refractivity contribution in [2.45, 2.75) is 33.1 Å². The highest BCUT2D eigenvalue weighted by atomic mass is 14.2. The van der Waals surface area contributed by atoms with E-state index in [0.29, 0.717) is 0 Å². The molecule has 0 heteroatoms. The molecule has 96 valence electrons. The lowest BCUT2D eigenvalue weighted by atomic mass is 9.96. The second-order valence-corrected chi connectivity index (χ2v) is 5.40. The molecule has 1 aliphatic rings. The summed E-state index contributed by atoms with van der Waals surface area (Å²) in [6.07, 6.45) is 5.89. The zero-order chi connectivity index (χ0) is 13.2. The van der Waals surface area contributed by atoms with Crippen molar-refractivity contribution in [1.29, 1.82) is 0 Å². The second-order valence-electron chi connectivity index (χ2n) is 5.40. The molecule has 0 bridgehead atoms. The number of aryl methyl sites for hydroxylation is 2. The molecule has 2 aromatic carbocycles. The molecule has 0 N–H and O–H groups in total. The maximum Gasteiger partial charge on any atom is -0.00109 e. The Labute approximate surface area is 115 Å². The molecule has 0 aliphatic heterocycles. The summed E-state index contributed by atoms with van der Waals surface area (Å²) in [6.45, 7) is 4.49. The fourth-order valence-electron chi connectivity index (χ4n) is 2.98. The Bertz CT molecular complexity index is 618. The van der Waals surface area contributed by atoms with E-state index in [-0.39, 0.29) is 0 Å². The van der Waals surface area contributed by atoms with Crippen molar-refractivity contribution in [1.82, 2.24) is 0 Å². The summed E-state index contributed by atoms with van der Waals surface area (Å²) in [6, 6.07) is 15.4. The summed E-state index contributed by atoms with van der Waals surface area (Å²) in [5.74, 6) is 0. The molecule has 0 spiro atoms. The van der Waals surface area contributed by atoms with Crippen LogP contribution in [0.5, 0.6) is 0 Å². The maximum absolute atomic E-state index is 2.41. The van der Waals surface area contributed by atoms with Crippen LogP contribution in [0.15, 0.2) is 42.5 Å². The van der Waals surface area contributed by atoms with Gasteiger partial charge in [-0.3, -0.25) is 0 Å². The summed E-state index contributed by atoms with van der Waals surface area (Å²) in [5.41, 5.74) is 8.78. The quantitative estimate of drug-likeness (QED) is 0.713. The van der Waals surface area contributed by atoms with Crippen LogP contribution >= 0.6 is 0 Å². The smallest absolute Gasteiger partial charge is 0.00109 e. The third-order valence-electron chi connectivity index (χ3n) is 4.03. The predicted octanol–water partition coefficient (Wildman–Crippen LogP) is 5.04. The molecule has 0 nitrogen and oxygen atoms in total. The summed E-state index contributed by atoms with van der Waals surface area (Å²) in [5, 5.41) is 0. The van der Waals surface area contributed by atoms with Crippen molar-refractivity contribution in [3.63, 3.8) is 0 Å². The highest BCUT2D eigenvalue weighted by molar-refractivity contribution is 5.90. The Morgan fingerprint density at radius 3 is 2.53 bits per heavy atom. The molecule has 0 radical (unpaired) electrons. The summed E-state index contributed by atoms with van der Waals surface area (Å²) in [4.78, 5) is 0. The fourth-order valence-corrected chi connectivity index (χ4v) is 2.98. The summed E-state index contributed by atoms with van der Waals surface area (Å²) >= 11 is 0. The normalized spacial score (nSPS) is 13.3. The van der Waals surface area contributed by atoms with Crippen molar-refractivity contribution >= 4 is 11.6 Å². The van der Waals surface area contributed by atoms with E-state index in [0.717, 1.165) is 6.42 Å². The van der Waals surface area contributed by atoms with Crippen LogP contribution in [0.1, 0.15) is 41.2 Å². The van der Waals surface area contributed by atoms with Crippen molar-refractivity contribution < 1.29 is 0 Å². The lowest BCUT2D eigenvalue weighted by molar-refractivity contribution is 0.916. The molecule has 0 atom stereocenters. The molecular formula is C19H20. The van der Waals surface area contributed by atoms with Crippen LogP contribution in [0.3, 0.4) is 0 Å². The zero-order valence-corrected chi connectivity index (χ0v) is 11.7. The average Bonchev–Trinajstić information content (AvgIpc) is 2.89. The van der Waals surface area contributed by atoms with Crippen LogP contribution in [0.2, 0.25) is 0 Å². The SMILES string of the molecule is CCCc1ccc(C)c2c1C=C(c1ccccc1)C2. The third kappa shape index (κ3) is 2.23. The number of rotatable bonds is 3. The molecule has 0 saturated heterocycles. The van der Waals surface area contributed by atoms with Crippen molar-refractivity contribution in [2.75, 3.05) is 0 Å². The fraction of sp³-hybridized carbons (Fsp3) is 0.263. The Morgan fingerprint density at radius 1 is 1.00 bits per heavy atom. The molecule has 0 unspecified atom stereocenters. The highest BCUT2D eigenvalue weighted by Gasteiger charge is 2.18. The van der Waals surface area contributed by atoms with E-state index < -0.39 is 0 Å². The molecule has 0 aromatic heterocycles. The van der Waals surface area contributed by atoms with Gasteiger partial charge in [-0.1, -0.05) is 61.9 Å². The van der Waals surface area contributed by atoms with Crippen molar-refractivity contribution in [3.8, 4) is 0 Å². The van der Waals surface area contributed by atoms with Gasteiger partial charge in [0.2, 0.25) is 0 Å². The van der Waals surface area contributed by atoms with Gasteiger partial charge in [0.15, 0.2) is 0 Å². The number of allylic oxidation sites excluding steroid dienone is 1. The Hall–Kier alpha value is -1.82. The monoisotopic (exact) mass is 248 g/mol. The third-order valence-corrected chi connectivity index (χ3v) is 4.03. The second kappa shape index (κ2) is 5.05. The first-order valence-electron chi connectivity index (χ1n) is 7.17. The first-order chi connectivity index (χ1) is 9.29. The molecule has 2 aromatic rings. The van der Waals surface area contributed by atoms with Gasteiger partial charge in [0.25, 0.3) is 0 Å². The molecule has 1 aliphatic carbocycles. The number of benzene rings is 2. The van der Waals surface area contributed by atoms with Crippen LogP contribution in [0, 0.1) is 6.92 Å². The van der Waals surface area contributed by atoms with Crippen LogP contribution in [-0.4, -0.2) is 0 Å². The van der Waals surface area contributed by atoms with Gasteiger partial charge in [-0.15, -0.1) is 0 Å². The maximum atomic E-state index is 2.41. The van der Waals surface area contributed by atoms with Gasteiger partial charge in [0.05, 0.1) is 0 Å². The molecule has 0 heterocycles. The summed E-state index contributed by atoms with van der Waals surface area (Å²) < 4.78 is 0. The standard InChI is InChI=1S/C19H20/c1-3-7-16-11-10-14(2)18-12-17(13-19(16)18)15-8-5-4-6-9-15/h4-6,8-11,13H,3,7,12H2,1-2H3. The highest BCUT2D eigenvalue weighted by Crippen LogP contribution is 2.35. The molecule has 0 saturated carbocycles. The molecule has 19 heavy (non-hydrogen) atoms. The Morgan fingerprint density at radius 2 is 1.79 bits per heavy atom. The molecule has 0 amide bonds. The van der Waals surface area contributed by atoms with E-state index in [4.69, 9.17) is 0 Å². The first-order valence-corrected chi connectivity index (χ1v) is 7.17. The predicted molar refractivity (Wildman–Crippen MR) is 83.2 cm³/mol. The van der Waals surface area contributed by atoms with Gasteiger partial charge < -0.3 is 0 Å². The van der Waals surface area contributed by atoms with E-state index in [1.165, 1.54) is 46.2 Å². The minimum atomic E-state index is 1.09. The minimum Gasteiger partial charge on any atom is -0.0651 e. The van der Waals surface area contributed by atoms with Crippen LogP contribution in [0.25, 0.3) is 11.6 Å². The number of hydrogen-bond acceptors (Lipinski definition) is 0. The largest absolute Gasteiger partial charge is 0.0651 e. The van der Waals surface area contributed by atoms with E-state index in [9.17, 15) is 0 Å². The van der Waals surface area contributed by atoms with Gasteiger partial charge in [-0.2, -0.15) is 0 Å². The van der Waals surface area contributed by atoms with E-state index in [1.807, 2.05) is 0 Å². The van der Waals surface area contributed by atoms with E-state index >= 15 is 0 Å². The number of fused-ring (bicyclic) bond motifs is 1. The van der Waals surface area contributed by atoms with Crippen molar-refractivity contribution in [3.05, 3.63) is 70.3 Å². The van der Waals surface area contributed by atoms with Gasteiger partial charge in [-0.05, 0) is 53.2 Å². The lowest BCUT2D eigenvalue weighted by Crippen LogP contribution is -1.94. The van der Waals surface area contributed by atoms with Crippen LogP contribution in [-0.2, 0) is 12.8 Å². The van der Waals surface area contributed by atoms with Gasteiger partial charge >= 0.3 is 0 Å². The molecular weight excluding hydrogens is 228 g/mol. The van der Waals surface area contributed by atoms with E-state index in [2.05, 4.69) is 62.4 Å². The Balaban J connectivity index is 2.04. The van der Waals surface area contributed by atoms with Crippen LogP contribution in [0.4, 0.5) is 0 Å². The zero-order valence-electron chi connectivity index (χ0n) is 11.7. The van der Waals surface area contributed by atoms with E-state index in [1.54, 1.807) is 0 Å². The van der Waals surface area contributed by atoms with Gasteiger partial charge in [0.1, 0.15) is 0 Å².